The van der Waals surface area contributed by atoms with Crippen LogP contribution in [0.5, 0.6) is 0 Å². The zero-order valence-corrected chi connectivity index (χ0v) is 19.4. The zero-order chi connectivity index (χ0) is 25.3. The Kier molecular flexibility index (Phi) is 8.24. The van der Waals surface area contributed by atoms with E-state index >= 15 is 0 Å². The van der Waals surface area contributed by atoms with Gasteiger partial charge in [-0.2, -0.15) is 0 Å². The number of ether oxygens (including phenoxy) is 2. The molecule has 4 rings (SSSR count). The standard InChI is InChI=1S/C30H26O6/c31-29(32)27(35-25(21-13-5-1-6-14-21)22-15-7-2-8-16-22)28(30(33)34)36-26(23-17-9-3-10-18-23)24-19-11-4-12-20-24/h1-20,25-28H,(H,31,32)(H,33,34). The third-order valence-corrected chi connectivity index (χ3v) is 5.74. The molecular formula is C30H26O6. The van der Waals surface area contributed by atoms with Gasteiger partial charge in [-0.1, -0.05) is 121 Å². The Morgan fingerprint density at radius 2 is 0.667 bits per heavy atom. The molecule has 0 bridgehead atoms. The first-order valence-electron chi connectivity index (χ1n) is 11.5. The Labute approximate surface area is 209 Å². The molecule has 6 heteroatoms. The van der Waals surface area contributed by atoms with Gasteiger partial charge in [-0.15, -0.1) is 0 Å². The maximum Gasteiger partial charge on any atom is 0.336 e. The molecule has 0 aliphatic rings. The normalized spacial score (nSPS) is 12.8. The van der Waals surface area contributed by atoms with Crippen molar-refractivity contribution in [3.05, 3.63) is 144 Å². The summed E-state index contributed by atoms with van der Waals surface area (Å²) < 4.78 is 12.1. The predicted octanol–water partition coefficient (Wildman–Crippen LogP) is 5.51. The van der Waals surface area contributed by atoms with Gasteiger partial charge in [0.25, 0.3) is 0 Å². The summed E-state index contributed by atoms with van der Waals surface area (Å²) in [5.41, 5.74) is 2.78. The molecule has 0 saturated heterocycles. The molecule has 36 heavy (non-hydrogen) atoms. The Morgan fingerprint density at radius 3 is 0.861 bits per heavy atom. The van der Waals surface area contributed by atoms with Crippen molar-refractivity contribution in [2.24, 2.45) is 0 Å². The third-order valence-electron chi connectivity index (χ3n) is 5.74. The highest BCUT2D eigenvalue weighted by atomic mass is 16.6. The van der Waals surface area contributed by atoms with Crippen LogP contribution >= 0.6 is 0 Å². The van der Waals surface area contributed by atoms with Crippen molar-refractivity contribution >= 4 is 11.9 Å². The highest BCUT2D eigenvalue weighted by molar-refractivity contribution is 5.83. The molecule has 0 saturated carbocycles. The summed E-state index contributed by atoms with van der Waals surface area (Å²) in [5, 5.41) is 20.2. The zero-order valence-electron chi connectivity index (χ0n) is 19.4. The second-order valence-electron chi connectivity index (χ2n) is 8.19. The van der Waals surface area contributed by atoms with Crippen LogP contribution in [0.1, 0.15) is 34.5 Å². The van der Waals surface area contributed by atoms with E-state index in [-0.39, 0.29) is 0 Å². The van der Waals surface area contributed by atoms with Crippen LogP contribution in [0.3, 0.4) is 0 Å². The molecule has 4 aromatic carbocycles. The van der Waals surface area contributed by atoms with Crippen LogP contribution in [0.15, 0.2) is 121 Å². The van der Waals surface area contributed by atoms with Gasteiger partial charge in [0.2, 0.25) is 0 Å². The van der Waals surface area contributed by atoms with Gasteiger partial charge in [-0.3, -0.25) is 0 Å². The fourth-order valence-corrected chi connectivity index (χ4v) is 4.02. The molecule has 4 aromatic rings. The van der Waals surface area contributed by atoms with Crippen molar-refractivity contribution in [1.29, 1.82) is 0 Å². The molecule has 0 radical (unpaired) electrons. The van der Waals surface area contributed by atoms with Gasteiger partial charge < -0.3 is 19.7 Å². The number of rotatable bonds is 11. The minimum Gasteiger partial charge on any atom is -0.479 e. The first kappa shape index (κ1) is 24.9. The molecule has 0 aromatic heterocycles. The van der Waals surface area contributed by atoms with Crippen molar-refractivity contribution in [1.82, 2.24) is 0 Å². The van der Waals surface area contributed by atoms with E-state index in [0.717, 1.165) is 0 Å². The minimum atomic E-state index is -1.79. The molecule has 0 aliphatic carbocycles. The van der Waals surface area contributed by atoms with E-state index in [9.17, 15) is 19.8 Å². The molecule has 2 atom stereocenters. The molecule has 0 heterocycles. The van der Waals surface area contributed by atoms with Crippen LogP contribution in [-0.2, 0) is 19.1 Å². The van der Waals surface area contributed by atoms with Crippen molar-refractivity contribution in [2.45, 2.75) is 24.4 Å². The number of hydrogen-bond acceptors (Lipinski definition) is 4. The van der Waals surface area contributed by atoms with E-state index in [4.69, 9.17) is 9.47 Å². The van der Waals surface area contributed by atoms with Gasteiger partial charge in [0.15, 0.2) is 12.2 Å². The Bertz CT molecular complexity index is 1070. The van der Waals surface area contributed by atoms with Gasteiger partial charge in [-0.05, 0) is 22.3 Å². The largest absolute Gasteiger partial charge is 0.479 e. The lowest BCUT2D eigenvalue weighted by atomic mass is 10.00. The molecule has 2 unspecified atom stereocenters. The second kappa shape index (κ2) is 11.9. The van der Waals surface area contributed by atoms with Gasteiger partial charge in [0.05, 0.1) is 0 Å². The van der Waals surface area contributed by atoms with Crippen LogP contribution in [0.4, 0.5) is 0 Å². The first-order chi connectivity index (χ1) is 17.5. The van der Waals surface area contributed by atoms with Crippen LogP contribution in [0.2, 0.25) is 0 Å². The van der Waals surface area contributed by atoms with Crippen molar-refractivity contribution in [3.8, 4) is 0 Å². The lowest BCUT2D eigenvalue weighted by Gasteiger charge is -2.30. The summed E-state index contributed by atoms with van der Waals surface area (Å²) in [6, 6.07) is 36.4. The van der Waals surface area contributed by atoms with Crippen molar-refractivity contribution in [2.75, 3.05) is 0 Å². The average molecular weight is 483 g/mol. The number of carbonyl (C=O) groups is 2. The van der Waals surface area contributed by atoms with Crippen LogP contribution in [-0.4, -0.2) is 34.4 Å². The van der Waals surface area contributed by atoms with Gasteiger partial charge in [-0.25, -0.2) is 9.59 Å². The van der Waals surface area contributed by atoms with Gasteiger partial charge in [0.1, 0.15) is 12.2 Å². The topological polar surface area (TPSA) is 93.1 Å². The summed E-state index contributed by atoms with van der Waals surface area (Å²) in [6.07, 6.45) is -5.21. The smallest absolute Gasteiger partial charge is 0.336 e. The van der Waals surface area contributed by atoms with Crippen molar-refractivity contribution < 1.29 is 29.3 Å². The van der Waals surface area contributed by atoms with Crippen LogP contribution in [0.25, 0.3) is 0 Å². The molecule has 2 N–H and O–H groups in total. The number of benzene rings is 4. The summed E-state index contributed by atoms with van der Waals surface area (Å²) in [7, 11) is 0. The SMILES string of the molecule is O=C(O)C(OC(c1ccccc1)c1ccccc1)C(OC(c1ccccc1)c1ccccc1)C(=O)O. The number of carboxylic acids is 2. The van der Waals surface area contributed by atoms with E-state index in [2.05, 4.69) is 0 Å². The van der Waals surface area contributed by atoms with Gasteiger partial charge in [0, 0.05) is 0 Å². The quantitative estimate of drug-likeness (QED) is 0.293. The lowest BCUT2D eigenvalue weighted by molar-refractivity contribution is -0.184. The minimum absolute atomic E-state index is 0.696. The number of carboxylic acid groups (broad SMARTS) is 2. The van der Waals surface area contributed by atoms with E-state index in [1.54, 1.807) is 0 Å². The summed E-state index contributed by atoms with van der Waals surface area (Å²) in [5.74, 6) is -2.86. The third kappa shape index (κ3) is 6.05. The maximum atomic E-state index is 12.4. The molecule has 0 aliphatic heterocycles. The fourth-order valence-electron chi connectivity index (χ4n) is 4.02. The van der Waals surface area contributed by atoms with E-state index < -0.39 is 36.4 Å². The molecule has 6 nitrogen and oxygen atoms in total. The molecule has 182 valence electrons. The monoisotopic (exact) mass is 482 g/mol. The Hall–Kier alpha value is -4.26. The predicted molar refractivity (Wildman–Crippen MR) is 134 cm³/mol. The number of aliphatic carboxylic acids is 2. The Balaban J connectivity index is 1.71. The fraction of sp³-hybridized carbons (Fsp3) is 0.133. The highest BCUT2D eigenvalue weighted by Gasteiger charge is 2.40. The van der Waals surface area contributed by atoms with E-state index in [0.29, 0.717) is 22.3 Å². The Morgan fingerprint density at radius 1 is 0.444 bits per heavy atom. The molecule has 0 amide bonds. The maximum absolute atomic E-state index is 12.4. The average Bonchev–Trinajstić information content (AvgIpc) is 2.92. The summed E-state index contributed by atoms with van der Waals surface area (Å²) in [4.78, 5) is 24.9. The van der Waals surface area contributed by atoms with Crippen molar-refractivity contribution in [3.63, 3.8) is 0 Å². The van der Waals surface area contributed by atoms with E-state index in [1.165, 1.54) is 0 Å². The lowest BCUT2D eigenvalue weighted by Crippen LogP contribution is -2.45. The molecular weight excluding hydrogens is 456 g/mol. The number of hydrogen-bond donors (Lipinski definition) is 2. The van der Waals surface area contributed by atoms with Crippen LogP contribution < -0.4 is 0 Å². The van der Waals surface area contributed by atoms with E-state index in [1.807, 2.05) is 121 Å². The molecule has 0 spiro atoms. The van der Waals surface area contributed by atoms with Gasteiger partial charge >= 0.3 is 11.9 Å². The summed E-state index contributed by atoms with van der Waals surface area (Å²) in [6.45, 7) is 0. The highest BCUT2D eigenvalue weighted by Crippen LogP contribution is 2.32. The first-order valence-corrected chi connectivity index (χ1v) is 11.5. The summed E-state index contributed by atoms with van der Waals surface area (Å²) >= 11 is 0. The van der Waals surface area contributed by atoms with Crippen LogP contribution in [0, 0.1) is 0 Å². The molecule has 0 fully saturated rings. The second-order valence-corrected chi connectivity index (χ2v) is 8.19.